The summed E-state index contributed by atoms with van der Waals surface area (Å²) in [7, 11) is 0. The van der Waals surface area contributed by atoms with Crippen molar-refractivity contribution < 1.29 is 23.5 Å². The molecule has 0 unspecified atom stereocenters. The van der Waals surface area contributed by atoms with Gasteiger partial charge >= 0.3 is 5.63 Å². The van der Waals surface area contributed by atoms with Crippen molar-refractivity contribution in [3.8, 4) is 0 Å². The largest absolute Gasteiger partial charge is 0.548 e. The molecule has 31 heavy (non-hydrogen) atoms. The first kappa shape index (κ1) is 22.6. The molecule has 166 valence electrons. The Morgan fingerprint density at radius 3 is 2.48 bits per heavy atom. The molecule has 0 saturated heterocycles. The number of aryl methyl sites for hydroxylation is 1. The Balaban J connectivity index is 1.92. The molecule has 0 saturated carbocycles. The number of carboxylic acids is 1. The molecule has 3 aromatic rings. The standard InChI is InChI=1S/C24H29NO6/c1-6-7-18(22(27)28)25-21(26)9-8-14-13(2)15-10-16-17(24(3,4)5)12-30-19(16)11-20(15)31-23(14)29/h10-12,18H,6-9H2,1-5H3,(H,25,26)(H,27,28)/p-1/t18-/m0/s1. The van der Waals surface area contributed by atoms with E-state index in [-0.39, 0.29) is 18.3 Å². The highest BCUT2D eigenvalue weighted by Crippen LogP contribution is 2.35. The van der Waals surface area contributed by atoms with Crippen LogP contribution in [-0.4, -0.2) is 17.9 Å². The summed E-state index contributed by atoms with van der Waals surface area (Å²) in [5.41, 5.74) is 2.66. The number of rotatable bonds is 7. The summed E-state index contributed by atoms with van der Waals surface area (Å²) in [5, 5.41) is 15.3. The lowest BCUT2D eigenvalue weighted by Gasteiger charge is -2.19. The molecule has 1 atom stereocenters. The molecule has 0 bridgehead atoms. The van der Waals surface area contributed by atoms with Gasteiger partial charge in [0.05, 0.1) is 18.3 Å². The molecule has 0 fully saturated rings. The van der Waals surface area contributed by atoms with Crippen molar-refractivity contribution in [2.75, 3.05) is 0 Å². The topological polar surface area (TPSA) is 113 Å². The van der Waals surface area contributed by atoms with Gasteiger partial charge in [0, 0.05) is 34.4 Å². The molecule has 0 aliphatic carbocycles. The van der Waals surface area contributed by atoms with Gasteiger partial charge in [0.25, 0.3) is 0 Å². The van der Waals surface area contributed by atoms with Crippen LogP contribution in [0.25, 0.3) is 21.9 Å². The Labute approximate surface area is 180 Å². The molecule has 0 aliphatic rings. The van der Waals surface area contributed by atoms with Gasteiger partial charge < -0.3 is 24.1 Å². The number of aliphatic carboxylic acids is 1. The second kappa shape index (κ2) is 8.57. The van der Waals surface area contributed by atoms with Gasteiger partial charge in [0.2, 0.25) is 5.91 Å². The normalized spacial score (nSPS) is 12.9. The SMILES string of the molecule is CCC[C@H](NC(=O)CCc1c(C)c2cc3c(C(C)(C)C)coc3cc2oc1=O)C(=O)[O-]. The number of benzene rings is 1. The van der Waals surface area contributed by atoms with Crippen LogP contribution >= 0.6 is 0 Å². The fraction of sp³-hybridized carbons (Fsp3) is 0.458. The molecule has 0 spiro atoms. The molecule has 2 heterocycles. The predicted molar refractivity (Wildman–Crippen MR) is 116 cm³/mol. The van der Waals surface area contributed by atoms with Crippen LogP contribution in [0.2, 0.25) is 0 Å². The Bertz CT molecular complexity index is 1190. The van der Waals surface area contributed by atoms with Crippen LogP contribution < -0.4 is 16.0 Å². The summed E-state index contributed by atoms with van der Waals surface area (Å²) in [4.78, 5) is 35.9. The summed E-state index contributed by atoms with van der Waals surface area (Å²) in [6, 6.07) is 2.65. The zero-order chi connectivity index (χ0) is 22.9. The molecule has 0 radical (unpaired) electrons. The molecule has 7 nitrogen and oxygen atoms in total. The highest BCUT2D eigenvalue weighted by atomic mass is 16.4. The minimum Gasteiger partial charge on any atom is -0.548 e. The van der Waals surface area contributed by atoms with Gasteiger partial charge in [-0.3, -0.25) is 4.79 Å². The van der Waals surface area contributed by atoms with Crippen LogP contribution in [-0.2, 0) is 21.4 Å². The van der Waals surface area contributed by atoms with E-state index in [4.69, 9.17) is 8.83 Å². The fourth-order valence-corrected chi connectivity index (χ4v) is 3.82. The number of furan rings is 1. The maximum atomic E-state index is 12.6. The first-order valence-electron chi connectivity index (χ1n) is 10.5. The number of nitrogens with one attached hydrogen (secondary N) is 1. The summed E-state index contributed by atoms with van der Waals surface area (Å²) >= 11 is 0. The highest BCUT2D eigenvalue weighted by Gasteiger charge is 2.22. The molecular weight excluding hydrogens is 398 g/mol. The van der Waals surface area contributed by atoms with Gasteiger partial charge in [-0.1, -0.05) is 34.1 Å². The number of amides is 1. The van der Waals surface area contributed by atoms with E-state index in [9.17, 15) is 19.5 Å². The number of carbonyl (C=O) groups excluding carboxylic acids is 2. The van der Waals surface area contributed by atoms with Crippen molar-refractivity contribution in [3.05, 3.63) is 45.5 Å². The molecule has 2 aromatic heterocycles. The molecule has 0 aliphatic heterocycles. The lowest BCUT2D eigenvalue weighted by molar-refractivity contribution is -0.308. The van der Waals surface area contributed by atoms with Crippen LogP contribution in [0.15, 0.2) is 32.0 Å². The van der Waals surface area contributed by atoms with Gasteiger partial charge in [0.1, 0.15) is 11.2 Å². The van der Waals surface area contributed by atoms with E-state index >= 15 is 0 Å². The van der Waals surface area contributed by atoms with E-state index in [1.165, 1.54) is 0 Å². The Morgan fingerprint density at radius 2 is 1.87 bits per heavy atom. The van der Waals surface area contributed by atoms with Crippen molar-refractivity contribution in [1.82, 2.24) is 5.32 Å². The van der Waals surface area contributed by atoms with Gasteiger partial charge in [-0.05, 0) is 36.8 Å². The first-order valence-corrected chi connectivity index (χ1v) is 10.5. The van der Waals surface area contributed by atoms with E-state index in [0.717, 1.165) is 21.9 Å². The van der Waals surface area contributed by atoms with E-state index in [1.807, 2.05) is 19.9 Å². The zero-order valence-electron chi connectivity index (χ0n) is 18.6. The van der Waals surface area contributed by atoms with Crippen molar-refractivity contribution in [3.63, 3.8) is 0 Å². The second-order valence-corrected chi connectivity index (χ2v) is 8.96. The summed E-state index contributed by atoms with van der Waals surface area (Å²) in [5.74, 6) is -1.75. The highest BCUT2D eigenvalue weighted by molar-refractivity contribution is 5.97. The first-order chi connectivity index (χ1) is 14.5. The minimum atomic E-state index is -1.31. The number of fused-ring (bicyclic) bond motifs is 2. The number of carboxylic acid groups (broad SMARTS) is 1. The van der Waals surface area contributed by atoms with Crippen LogP contribution in [0, 0.1) is 6.92 Å². The molecular formula is C24H28NO6-. The van der Waals surface area contributed by atoms with Crippen molar-refractivity contribution in [2.45, 2.75) is 71.8 Å². The van der Waals surface area contributed by atoms with Crippen LogP contribution in [0.4, 0.5) is 0 Å². The Kier molecular flexibility index (Phi) is 6.25. The third-order valence-corrected chi connectivity index (χ3v) is 5.59. The number of carbonyl (C=O) groups is 2. The fourth-order valence-electron chi connectivity index (χ4n) is 3.82. The summed E-state index contributed by atoms with van der Waals surface area (Å²) < 4.78 is 11.2. The van der Waals surface area contributed by atoms with E-state index in [0.29, 0.717) is 29.6 Å². The van der Waals surface area contributed by atoms with Crippen LogP contribution in [0.5, 0.6) is 0 Å². The van der Waals surface area contributed by atoms with Crippen LogP contribution in [0.1, 0.15) is 63.6 Å². The van der Waals surface area contributed by atoms with Crippen molar-refractivity contribution >= 4 is 33.8 Å². The number of hydrogen-bond acceptors (Lipinski definition) is 6. The summed E-state index contributed by atoms with van der Waals surface area (Å²) in [6.45, 7) is 9.95. The van der Waals surface area contributed by atoms with Gasteiger partial charge in [0.15, 0.2) is 0 Å². The monoisotopic (exact) mass is 426 g/mol. The van der Waals surface area contributed by atoms with Crippen LogP contribution in [0.3, 0.4) is 0 Å². The Morgan fingerprint density at radius 1 is 1.16 bits per heavy atom. The summed E-state index contributed by atoms with van der Waals surface area (Å²) in [6.07, 6.45) is 2.75. The van der Waals surface area contributed by atoms with Gasteiger partial charge in [-0.2, -0.15) is 0 Å². The number of hydrogen-bond donors (Lipinski definition) is 1. The minimum absolute atomic E-state index is 0.0220. The zero-order valence-corrected chi connectivity index (χ0v) is 18.6. The molecule has 1 aromatic carbocycles. The average Bonchev–Trinajstić information content (AvgIpc) is 3.09. The second-order valence-electron chi connectivity index (χ2n) is 8.96. The third-order valence-electron chi connectivity index (χ3n) is 5.59. The van der Waals surface area contributed by atoms with Gasteiger partial charge in [-0.25, -0.2) is 4.79 Å². The lowest BCUT2D eigenvalue weighted by Crippen LogP contribution is -2.47. The average molecular weight is 426 g/mol. The van der Waals surface area contributed by atoms with Crippen molar-refractivity contribution in [1.29, 1.82) is 0 Å². The molecule has 1 amide bonds. The van der Waals surface area contributed by atoms with Crippen molar-refractivity contribution in [2.24, 2.45) is 0 Å². The molecule has 3 rings (SSSR count). The maximum Gasteiger partial charge on any atom is 0.339 e. The van der Waals surface area contributed by atoms with E-state index < -0.39 is 23.5 Å². The third kappa shape index (κ3) is 4.65. The molecule has 7 heteroatoms. The smallest absolute Gasteiger partial charge is 0.339 e. The lowest BCUT2D eigenvalue weighted by atomic mass is 9.86. The maximum absolute atomic E-state index is 12.6. The van der Waals surface area contributed by atoms with E-state index in [2.05, 4.69) is 26.1 Å². The predicted octanol–water partition coefficient (Wildman–Crippen LogP) is 3.11. The Hall–Kier alpha value is -3.09. The quantitative estimate of drug-likeness (QED) is 0.581. The van der Waals surface area contributed by atoms with Gasteiger partial charge in [-0.15, -0.1) is 0 Å². The molecule has 1 N–H and O–H groups in total. The van der Waals surface area contributed by atoms with E-state index in [1.54, 1.807) is 12.3 Å².